The highest BCUT2D eigenvalue weighted by Gasteiger charge is 2.11. The van der Waals surface area contributed by atoms with Gasteiger partial charge < -0.3 is 4.74 Å². The number of carbonyl (C=O) groups is 1. The molecule has 5 heteroatoms. The Morgan fingerprint density at radius 2 is 2.62 bits per heavy atom. The van der Waals surface area contributed by atoms with Crippen LogP contribution in [0.25, 0.3) is 0 Å². The summed E-state index contributed by atoms with van der Waals surface area (Å²) in [4.78, 5) is 15.3. The van der Waals surface area contributed by atoms with Crippen molar-refractivity contribution in [1.82, 2.24) is 4.98 Å². The predicted molar refractivity (Wildman–Crippen MR) is 55.4 cm³/mol. The fourth-order valence-corrected chi connectivity index (χ4v) is 1.33. The summed E-state index contributed by atoms with van der Waals surface area (Å²) in [6.45, 7) is 2.42. The SMILES string of the molecule is CCC(Br)COC(=O)c1nccs1. The first-order chi connectivity index (χ1) is 6.24. The molecule has 0 N–H and O–H groups in total. The molecule has 1 aromatic heterocycles. The first-order valence-corrected chi connectivity index (χ1v) is 5.74. The van der Waals surface area contributed by atoms with E-state index in [-0.39, 0.29) is 10.8 Å². The molecule has 0 saturated heterocycles. The number of carbonyl (C=O) groups excluding carboxylic acids is 1. The Balaban J connectivity index is 2.35. The van der Waals surface area contributed by atoms with E-state index in [9.17, 15) is 4.79 Å². The molecule has 0 aromatic carbocycles. The highest BCUT2D eigenvalue weighted by atomic mass is 79.9. The molecular weight excluding hydrogens is 254 g/mol. The van der Waals surface area contributed by atoms with Crippen LogP contribution in [-0.2, 0) is 4.74 Å². The molecule has 0 bridgehead atoms. The second-order valence-electron chi connectivity index (χ2n) is 2.44. The summed E-state index contributed by atoms with van der Waals surface area (Å²) in [6, 6.07) is 0. The summed E-state index contributed by atoms with van der Waals surface area (Å²) < 4.78 is 5.00. The molecular formula is C8H10BrNO2S. The van der Waals surface area contributed by atoms with Gasteiger partial charge in [-0.3, -0.25) is 0 Å². The summed E-state index contributed by atoms with van der Waals surface area (Å²) in [5.41, 5.74) is 0. The normalized spacial score (nSPS) is 12.5. The molecule has 1 atom stereocenters. The number of aromatic nitrogens is 1. The van der Waals surface area contributed by atoms with Crippen molar-refractivity contribution in [2.24, 2.45) is 0 Å². The van der Waals surface area contributed by atoms with Crippen molar-refractivity contribution >= 4 is 33.2 Å². The second-order valence-corrected chi connectivity index (χ2v) is 4.63. The topological polar surface area (TPSA) is 39.2 Å². The van der Waals surface area contributed by atoms with Crippen LogP contribution in [0.4, 0.5) is 0 Å². The van der Waals surface area contributed by atoms with Crippen LogP contribution in [0.3, 0.4) is 0 Å². The lowest BCUT2D eigenvalue weighted by molar-refractivity contribution is 0.0507. The van der Waals surface area contributed by atoms with Crippen molar-refractivity contribution in [1.29, 1.82) is 0 Å². The number of nitrogens with zero attached hydrogens (tertiary/aromatic N) is 1. The highest BCUT2D eigenvalue weighted by molar-refractivity contribution is 9.09. The van der Waals surface area contributed by atoms with Crippen LogP contribution in [0, 0.1) is 0 Å². The molecule has 0 aliphatic heterocycles. The van der Waals surface area contributed by atoms with Gasteiger partial charge >= 0.3 is 5.97 Å². The lowest BCUT2D eigenvalue weighted by Crippen LogP contribution is -2.12. The minimum atomic E-state index is -0.340. The van der Waals surface area contributed by atoms with Gasteiger partial charge in [0.15, 0.2) is 0 Å². The van der Waals surface area contributed by atoms with Crippen molar-refractivity contribution in [3.8, 4) is 0 Å². The van der Waals surface area contributed by atoms with Crippen LogP contribution < -0.4 is 0 Å². The molecule has 1 unspecified atom stereocenters. The standard InChI is InChI=1S/C8H10BrNO2S/c1-2-6(9)5-12-8(11)7-10-3-4-13-7/h3-4,6H,2,5H2,1H3. The van der Waals surface area contributed by atoms with E-state index in [4.69, 9.17) is 4.74 Å². The van der Waals surface area contributed by atoms with Crippen LogP contribution in [0.15, 0.2) is 11.6 Å². The molecule has 0 amide bonds. The lowest BCUT2D eigenvalue weighted by atomic mass is 10.4. The number of hydrogen-bond donors (Lipinski definition) is 0. The average Bonchev–Trinajstić information content (AvgIpc) is 2.66. The van der Waals surface area contributed by atoms with Gasteiger partial charge in [-0.1, -0.05) is 22.9 Å². The molecule has 13 heavy (non-hydrogen) atoms. The van der Waals surface area contributed by atoms with Crippen molar-refractivity contribution in [2.75, 3.05) is 6.61 Å². The maximum atomic E-state index is 11.2. The summed E-state index contributed by atoms with van der Waals surface area (Å²) in [5.74, 6) is -0.340. The first kappa shape index (κ1) is 10.7. The number of alkyl halides is 1. The Kier molecular flexibility index (Phi) is 4.38. The number of ether oxygens (including phenoxy) is 1. The van der Waals surface area contributed by atoms with Gasteiger partial charge in [0.1, 0.15) is 6.61 Å². The van der Waals surface area contributed by atoms with E-state index in [0.29, 0.717) is 11.6 Å². The van der Waals surface area contributed by atoms with E-state index in [0.717, 1.165) is 6.42 Å². The third-order valence-electron chi connectivity index (χ3n) is 1.45. The maximum Gasteiger partial charge on any atom is 0.367 e. The summed E-state index contributed by atoms with van der Waals surface area (Å²) in [7, 11) is 0. The Morgan fingerprint density at radius 3 is 3.15 bits per heavy atom. The van der Waals surface area contributed by atoms with E-state index in [1.165, 1.54) is 11.3 Å². The molecule has 0 radical (unpaired) electrons. The van der Waals surface area contributed by atoms with E-state index in [1.54, 1.807) is 11.6 Å². The quantitative estimate of drug-likeness (QED) is 0.619. The van der Waals surface area contributed by atoms with Crippen LogP contribution in [0.2, 0.25) is 0 Å². The number of hydrogen-bond acceptors (Lipinski definition) is 4. The molecule has 72 valence electrons. The Labute approximate surface area is 89.3 Å². The lowest BCUT2D eigenvalue weighted by Gasteiger charge is -2.06. The minimum Gasteiger partial charge on any atom is -0.459 e. The van der Waals surface area contributed by atoms with Crippen molar-refractivity contribution in [2.45, 2.75) is 18.2 Å². The Morgan fingerprint density at radius 1 is 1.85 bits per heavy atom. The van der Waals surface area contributed by atoms with E-state index in [2.05, 4.69) is 20.9 Å². The zero-order valence-electron chi connectivity index (χ0n) is 7.20. The molecule has 0 spiro atoms. The number of esters is 1. The van der Waals surface area contributed by atoms with Gasteiger partial charge in [0, 0.05) is 16.4 Å². The minimum absolute atomic E-state index is 0.233. The third kappa shape index (κ3) is 3.44. The maximum absolute atomic E-state index is 11.2. The predicted octanol–water partition coefficient (Wildman–Crippen LogP) is 2.47. The molecule has 3 nitrogen and oxygen atoms in total. The zero-order chi connectivity index (χ0) is 9.68. The summed E-state index contributed by atoms with van der Waals surface area (Å²) >= 11 is 4.66. The Bertz CT molecular complexity index is 263. The van der Waals surface area contributed by atoms with E-state index >= 15 is 0 Å². The Hall–Kier alpha value is -0.420. The van der Waals surface area contributed by atoms with Crippen LogP contribution in [-0.4, -0.2) is 22.4 Å². The van der Waals surface area contributed by atoms with Crippen molar-refractivity contribution in [3.63, 3.8) is 0 Å². The van der Waals surface area contributed by atoms with Gasteiger partial charge in [0.25, 0.3) is 0 Å². The average molecular weight is 264 g/mol. The van der Waals surface area contributed by atoms with Crippen molar-refractivity contribution in [3.05, 3.63) is 16.6 Å². The van der Waals surface area contributed by atoms with E-state index in [1.807, 2.05) is 6.92 Å². The number of thiazole rings is 1. The molecule has 1 aromatic rings. The number of rotatable bonds is 4. The van der Waals surface area contributed by atoms with Crippen LogP contribution in [0.5, 0.6) is 0 Å². The van der Waals surface area contributed by atoms with Gasteiger partial charge in [-0.15, -0.1) is 11.3 Å². The van der Waals surface area contributed by atoms with Crippen LogP contribution >= 0.6 is 27.3 Å². The fourth-order valence-electron chi connectivity index (χ4n) is 0.670. The fraction of sp³-hybridized carbons (Fsp3) is 0.500. The van der Waals surface area contributed by atoms with Gasteiger partial charge in [-0.05, 0) is 6.42 Å². The van der Waals surface area contributed by atoms with Crippen molar-refractivity contribution < 1.29 is 9.53 Å². The van der Waals surface area contributed by atoms with Gasteiger partial charge in [-0.25, -0.2) is 9.78 Å². The molecule has 1 heterocycles. The molecule has 1 rings (SSSR count). The molecule has 0 aliphatic carbocycles. The van der Waals surface area contributed by atoms with Gasteiger partial charge in [0.05, 0.1) is 0 Å². The third-order valence-corrected chi connectivity index (χ3v) is 3.11. The van der Waals surface area contributed by atoms with Gasteiger partial charge in [-0.2, -0.15) is 0 Å². The zero-order valence-corrected chi connectivity index (χ0v) is 9.60. The monoisotopic (exact) mass is 263 g/mol. The molecule has 0 aliphatic rings. The highest BCUT2D eigenvalue weighted by Crippen LogP contribution is 2.09. The molecule has 0 saturated carbocycles. The van der Waals surface area contributed by atoms with Gasteiger partial charge in [0.2, 0.25) is 5.01 Å². The first-order valence-electron chi connectivity index (χ1n) is 3.94. The number of halogens is 1. The van der Waals surface area contributed by atoms with Crippen LogP contribution in [0.1, 0.15) is 23.1 Å². The second kappa shape index (κ2) is 5.34. The summed E-state index contributed by atoms with van der Waals surface area (Å²) in [6.07, 6.45) is 2.53. The molecule has 0 fully saturated rings. The summed E-state index contributed by atoms with van der Waals surface area (Å²) in [5, 5.41) is 2.16. The van der Waals surface area contributed by atoms with E-state index < -0.39 is 0 Å². The smallest absolute Gasteiger partial charge is 0.367 e. The largest absolute Gasteiger partial charge is 0.459 e.